The summed E-state index contributed by atoms with van der Waals surface area (Å²) in [6.07, 6.45) is 2.67. The average molecular weight is 440 g/mol. The average Bonchev–Trinajstić information content (AvgIpc) is 3.38. The number of carbonyl (C=O) groups excluding carboxylic acids is 2. The maximum absolute atomic E-state index is 13.0. The van der Waals surface area contributed by atoms with E-state index in [2.05, 4.69) is 9.88 Å². The highest BCUT2D eigenvalue weighted by atomic mass is 32.1. The van der Waals surface area contributed by atoms with E-state index in [0.29, 0.717) is 18.8 Å². The number of hydrogen-bond acceptors (Lipinski definition) is 7. The van der Waals surface area contributed by atoms with Crippen LogP contribution in [0.15, 0.2) is 53.1 Å². The van der Waals surface area contributed by atoms with E-state index in [1.54, 1.807) is 6.20 Å². The van der Waals surface area contributed by atoms with Gasteiger partial charge in [-0.05, 0) is 42.8 Å². The van der Waals surface area contributed by atoms with Crippen molar-refractivity contribution in [3.63, 3.8) is 0 Å². The van der Waals surface area contributed by atoms with Crippen molar-refractivity contribution in [2.24, 2.45) is 0 Å². The van der Waals surface area contributed by atoms with E-state index in [4.69, 9.17) is 9.15 Å². The first-order chi connectivity index (χ1) is 15.1. The van der Waals surface area contributed by atoms with Gasteiger partial charge in [0.25, 0.3) is 5.91 Å². The van der Waals surface area contributed by atoms with E-state index in [1.165, 1.54) is 18.3 Å². The Labute approximate surface area is 185 Å². The van der Waals surface area contributed by atoms with E-state index in [0.717, 1.165) is 47.3 Å². The van der Waals surface area contributed by atoms with Gasteiger partial charge in [0.2, 0.25) is 0 Å². The van der Waals surface area contributed by atoms with Crippen molar-refractivity contribution in [2.45, 2.75) is 26.5 Å². The second-order valence-corrected chi connectivity index (χ2v) is 8.53. The first kappa shape index (κ1) is 21.3. The van der Waals surface area contributed by atoms with Crippen molar-refractivity contribution in [3.05, 3.63) is 65.1 Å². The Bertz CT molecular complexity index is 1030. The number of aromatic nitrogens is 1. The van der Waals surface area contributed by atoms with Gasteiger partial charge in [0.1, 0.15) is 18.1 Å². The number of nitrogens with zero attached hydrogens (tertiary/aromatic N) is 3. The third-order valence-corrected chi connectivity index (χ3v) is 6.22. The molecule has 0 aromatic carbocycles. The second-order valence-electron chi connectivity index (χ2n) is 7.45. The van der Waals surface area contributed by atoms with Crippen LogP contribution >= 0.6 is 11.3 Å². The number of thiophene rings is 1. The van der Waals surface area contributed by atoms with Crippen LogP contribution in [0, 0.1) is 0 Å². The molecule has 31 heavy (non-hydrogen) atoms. The fourth-order valence-corrected chi connectivity index (χ4v) is 4.52. The summed E-state index contributed by atoms with van der Waals surface area (Å²) in [5.41, 5.74) is 0.889. The predicted octanol–water partition coefficient (Wildman–Crippen LogP) is 3.81. The molecule has 1 fully saturated rings. The van der Waals surface area contributed by atoms with Crippen molar-refractivity contribution in [1.29, 1.82) is 0 Å². The number of furan rings is 1. The van der Waals surface area contributed by atoms with Crippen molar-refractivity contribution in [1.82, 2.24) is 14.8 Å². The fourth-order valence-electron chi connectivity index (χ4n) is 3.56. The second kappa shape index (κ2) is 9.89. The fraction of sp³-hybridized carbons (Fsp3) is 0.348. The Morgan fingerprint density at radius 3 is 2.74 bits per heavy atom. The minimum absolute atomic E-state index is 0.0793. The van der Waals surface area contributed by atoms with Crippen LogP contribution < -0.4 is 0 Å². The number of amides is 1. The monoisotopic (exact) mass is 439 g/mol. The highest BCUT2D eigenvalue weighted by molar-refractivity contribution is 7.17. The quantitative estimate of drug-likeness (QED) is 0.544. The Hall–Kier alpha value is -2.97. The van der Waals surface area contributed by atoms with Gasteiger partial charge in [0.15, 0.2) is 0 Å². The van der Waals surface area contributed by atoms with Gasteiger partial charge in [-0.3, -0.25) is 19.5 Å². The SMILES string of the molecule is CC(=O)OCc1ccc(CN2CCCN(C(=O)c3ccc(-c4ccccn4)s3)CC2)o1. The summed E-state index contributed by atoms with van der Waals surface area (Å²) in [5, 5.41) is 0. The van der Waals surface area contributed by atoms with Gasteiger partial charge >= 0.3 is 5.97 Å². The number of esters is 1. The number of carbonyl (C=O) groups is 2. The molecule has 1 aliphatic heterocycles. The molecule has 0 atom stereocenters. The molecule has 0 spiro atoms. The van der Waals surface area contributed by atoms with Gasteiger partial charge in [-0.1, -0.05) is 6.07 Å². The molecular weight excluding hydrogens is 414 g/mol. The molecule has 0 N–H and O–H groups in total. The van der Waals surface area contributed by atoms with Crippen LogP contribution in [0.3, 0.4) is 0 Å². The summed E-state index contributed by atoms with van der Waals surface area (Å²) >= 11 is 1.49. The van der Waals surface area contributed by atoms with Gasteiger partial charge in [-0.25, -0.2) is 0 Å². The molecule has 1 amide bonds. The molecule has 0 bridgehead atoms. The summed E-state index contributed by atoms with van der Waals surface area (Å²) in [6, 6.07) is 13.4. The summed E-state index contributed by atoms with van der Waals surface area (Å²) in [7, 11) is 0. The van der Waals surface area contributed by atoms with Crippen LogP contribution in [0.5, 0.6) is 0 Å². The number of pyridine rings is 1. The molecule has 7 nitrogen and oxygen atoms in total. The Kier molecular flexibility index (Phi) is 6.79. The van der Waals surface area contributed by atoms with E-state index < -0.39 is 0 Å². The molecular formula is C23H25N3O4S. The molecule has 0 radical (unpaired) electrons. The lowest BCUT2D eigenvalue weighted by Crippen LogP contribution is -2.34. The Morgan fingerprint density at radius 1 is 1.06 bits per heavy atom. The molecule has 162 valence electrons. The van der Waals surface area contributed by atoms with Crippen molar-refractivity contribution >= 4 is 23.2 Å². The first-order valence-electron chi connectivity index (χ1n) is 10.3. The Morgan fingerprint density at radius 2 is 1.94 bits per heavy atom. The van der Waals surface area contributed by atoms with Gasteiger partial charge in [-0.15, -0.1) is 11.3 Å². The third kappa shape index (κ3) is 5.59. The highest BCUT2D eigenvalue weighted by Gasteiger charge is 2.22. The number of rotatable bonds is 6. The molecule has 1 aliphatic rings. The molecule has 8 heteroatoms. The van der Waals surface area contributed by atoms with Gasteiger partial charge in [-0.2, -0.15) is 0 Å². The molecule has 0 aliphatic carbocycles. The van der Waals surface area contributed by atoms with Crippen LogP contribution in [0.2, 0.25) is 0 Å². The first-order valence-corrected chi connectivity index (χ1v) is 11.1. The molecule has 4 heterocycles. The van der Waals surface area contributed by atoms with Crippen molar-refractivity contribution in [3.8, 4) is 10.6 Å². The Balaban J connectivity index is 1.32. The van der Waals surface area contributed by atoms with E-state index in [-0.39, 0.29) is 18.5 Å². The van der Waals surface area contributed by atoms with Crippen LogP contribution in [0.25, 0.3) is 10.6 Å². The summed E-state index contributed by atoms with van der Waals surface area (Å²) in [5.74, 6) is 1.22. The topological polar surface area (TPSA) is 75.9 Å². The van der Waals surface area contributed by atoms with Crippen molar-refractivity contribution in [2.75, 3.05) is 26.2 Å². The normalized spacial score (nSPS) is 14.9. The molecule has 4 rings (SSSR count). The molecule has 3 aromatic heterocycles. The van der Waals surface area contributed by atoms with Gasteiger partial charge in [0, 0.05) is 39.3 Å². The van der Waals surface area contributed by atoms with E-state index in [9.17, 15) is 9.59 Å². The van der Waals surface area contributed by atoms with Crippen LogP contribution in [0.1, 0.15) is 34.5 Å². The van der Waals surface area contributed by atoms with Crippen LogP contribution in [0.4, 0.5) is 0 Å². The minimum atomic E-state index is -0.326. The van der Waals surface area contributed by atoms with Crippen LogP contribution in [-0.4, -0.2) is 52.8 Å². The summed E-state index contributed by atoms with van der Waals surface area (Å²) in [4.78, 5) is 34.3. The molecule has 0 saturated carbocycles. The number of hydrogen-bond donors (Lipinski definition) is 0. The lowest BCUT2D eigenvalue weighted by molar-refractivity contribution is -0.142. The lowest BCUT2D eigenvalue weighted by atomic mass is 10.3. The summed E-state index contributed by atoms with van der Waals surface area (Å²) in [6.45, 7) is 5.30. The van der Waals surface area contributed by atoms with Gasteiger partial charge in [0.05, 0.1) is 22.0 Å². The van der Waals surface area contributed by atoms with E-state index in [1.807, 2.05) is 47.4 Å². The maximum atomic E-state index is 13.0. The zero-order valence-corrected chi connectivity index (χ0v) is 18.3. The highest BCUT2D eigenvalue weighted by Crippen LogP contribution is 2.27. The smallest absolute Gasteiger partial charge is 0.303 e. The lowest BCUT2D eigenvalue weighted by Gasteiger charge is -2.21. The standard InChI is InChI=1S/C23H25N3O4S/c1-17(27)29-16-19-7-6-18(30-19)15-25-11-4-12-26(14-13-25)23(28)22-9-8-21(31-22)20-5-2-3-10-24-20/h2-3,5-10H,4,11-16H2,1H3. The summed E-state index contributed by atoms with van der Waals surface area (Å²) < 4.78 is 10.7. The van der Waals surface area contributed by atoms with Gasteiger partial charge < -0.3 is 14.1 Å². The van der Waals surface area contributed by atoms with Crippen molar-refractivity contribution < 1.29 is 18.7 Å². The van der Waals surface area contributed by atoms with Crippen LogP contribution in [-0.2, 0) is 22.7 Å². The largest absolute Gasteiger partial charge is 0.461 e. The molecule has 1 saturated heterocycles. The predicted molar refractivity (Wildman–Crippen MR) is 118 cm³/mol. The zero-order valence-electron chi connectivity index (χ0n) is 17.5. The zero-order chi connectivity index (χ0) is 21.6. The maximum Gasteiger partial charge on any atom is 0.303 e. The molecule has 0 unspecified atom stereocenters. The van der Waals surface area contributed by atoms with E-state index >= 15 is 0 Å². The third-order valence-electron chi connectivity index (χ3n) is 5.12. The molecule has 3 aromatic rings. The number of ether oxygens (including phenoxy) is 1. The minimum Gasteiger partial charge on any atom is -0.461 e.